The highest BCUT2D eigenvalue weighted by Gasteiger charge is 2.27. The lowest BCUT2D eigenvalue weighted by atomic mass is 10.1. The molecule has 0 aromatic carbocycles. The molecule has 1 aromatic rings. The molecule has 2 heterocycles. The quantitative estimate of drug-likeness (QED) is 0.756. The van der Waals surface area contributed by atoms with E-state index in [1.165, 1.54) is 11.3 Å². The van der Waals surface area contributed by atoms with Gasteiger partial charge < -0.3 is 0 Å². The van der Waals surface area contributed by atoms with Gasteiger partial charge in [0.2, 0.25) is 0 Å². The molecule has 0 radical (unpaired) electrons. The van der Waals surface area contributed by atoms with Gasteiger partial charge in [-0.3, -0.25) is 4.79 Å². The lowest BCUT2D eigenvalue weighted by Gasteiger charge is -2.09. The van der Waals surface area contributed by atoms with Gasteiger partial charge in [-0.2, -0.15) is 10.1 Å². The molecule has 0 unspecified atom stereocenters. The van der Waals surface area contributed by atoms with E-state index in [4.69, 9.17) is 0 Å². The Morgan fingerprint density at radius 1 is 1.38 bits per heavy atom. The standard InChI is InChI=1S/C11H14N4O/c1-7(2)9-5-11(16)15(14-9)10-4-8(3)12-6-13-10/h4,6-7H,5H2,1-3H3. The van der Waals surface area contributed by atoms with E-state index >= 15 is 0 Å². The molecule has 16 heavy (non-hydrogen) atoms. The minimum atomic E-state index is -0.0261. The third kappa shape index (κ3) is 1.93. The lowest BCUT2D eigenvalue weighted by Crippen LogP contribution is -2.20. The first-order valence-corrected chi connectivity index (χ1v) is 5.27. The van der Waals surface area contributed by atoms with E-state index in [0.717, 1.165) is 11.4 Å². The van der Waals surface area contributed by atoms with Crippen LogP contribution in [0.4, 0.5) is 5.82 Å². The maximum Gasteiger partial charge on any atom is 0.254 e. The average molecular weight is 218 g/mol. The fourth-order valence-electron chi connectivity index (χ4n) is 1.50. The number of hydrazone groups is 1. The molecule has 1 aromatic heterocycles. The van der Waals surface area contributed by atoms with Crippen molar-refractivity contribution in [2.45, 2.75) is 27.2 Å². The lowest BCUT2D eigenvalue weighted by molar-refractivity contribution is -0.117. The molecule has 5 heteroatoms. The van der Waals surface area contributed by atoms with Crippen LogP contribution in [0.5, 0.6) is 0 Å². The number of aryl methyl sites for hydroxylation is 1. The molecule has 0 atom stereocenters. The minimum absolute atomic E-state index is 0.0261. The number of hydrogen-bond donors (Lipinski definition) is 0. The maximum atomic E-state index is 11.8. The Bertz CT molecular complexity index is 453. The summed E-state index contributed by atoms with van der Waals surface area (Å²) in [5, 5.41) is 5.66. The van der Waals surface area contributed by atoms with Gasteiger partial charge in [-0.05, 0) is 12.8 Å². The Kier molecular flexibility index (Phi) is 2.68. The second kappa shape index (κ2) is 4.00. The SMILES string of the molecule is Cc1cc(N2N=C(C(C)C)CC2=O)ncn1. The molecular formula is C11H14N4O. The first-order valence-electron chi connectivity index (χ1n) is 5.27. The Morgan fingerprint density at radius 2 is 2.12 bits per heavy atom. The third-order valence-electron chi connectivity index (χ3n) is 2.47. The van der Waals surface area contributed by atoms with Gasteiger partial charge in [-0.15, -0.1) is 0 Å². The monoisotopic (exact) mass is 218 g/mol. The van der Waals surface area contributed by atoms with Crippen LogP contribution in [0.15, 0.2) is 17.5 Å². The predicted molar refractivity (Wildman–Crippen MR) is 61.1 cm³/mol. The van der Waals surface area contributed by atoms with E-state index in [2.05, 4.69) is 15.1 Å². The van der Waals surface area contributed by atoms with Crippen LogP contribution in [-0.2, 0) is 4.79 Å². The minimum Gasteiger partial charge on any atom is -0.272 e. The number of carbonyl (C=O) groups is 1. The van der Waals surface area contributed by atoms with Crippen LogP contribution in [0.25, 0.3) is 0 Å². The van der Waals surface area contributed by atoms with Gasteiger partial charge in [0.25, 0.3) is 5.91 Å². The number of rotatable bonds is 2. The third-order valence-corrected chi connectivity index (χ3v) is 2.47. The largest absolute Gasteiger partial charge is 0.272 e. The second-order valence-electron chi connectivity index (χ2n) is 4.15. The van der Waals surface area contributed by atoms with E-state index in [1.807, 2.05) is 20.8 Å². The zero-order valence-corrected chi connectivity index (χ0v) is 9.64. The number of nitrogens with zero attached hydrogens (tertiary/aromatic N) is 4. The van der Waals surface area contributed by atoms with E-state index in [1.54, 1.807) is 6.07 Å². The first-order chi connectivity index (χ1) is 7.58. The number of amides is 1. The highest BCUT2D eigenvalue weighted by Crippen LogP contribution is 2.20. The number of aromatic nitrogens is 2. The smallest absolute Gasteiger partial charge is 0.254 e. The summed E-state index contributed by atoms with van der Waals surface area (Å²) in [4.78, 5) is 19.8. The zero-order valence-electron chi connectivity index (χ0n) is 9.64. The van der Waals surface area contributed by atoms with Crippen molar-refractivity contribution in [2.75, 3.05) is 5.01 Å². The topological polar surface area (TPSA) is 58.5 Å². The van der Waals surface area contributed by atoms with E-state index < -0.39 is 0 Å². The Hall–Kier alpha value is -1.78. The molecule has 1 amide bonds. The van der Waals surface area contributed by atoms with Crippen LogP contribution >= 0.6 is 0 Å². The van der Waals surface area contributed by atoms with Crippen molar-refractivity contribution in [1.29, 1.82) is 0 Å². The molecule has 0 fully saturated rings. The second-order valence-corrected chi connectivity index (χ2v) is 4.15. The molecule has 0 bridgehead atoms. The van der Waals surface area contributed by atoms with Crippen LogP contribution < -0.4 is 5.01 Å². The molecule has 1 aliphatic heterocycles. The summed E-state index contributed by atoms with van der Waals surface area (Å²) in [6.45, 7) is 5.92. The molecule has 0 N–H and O–H groups in total. The van der Waals surface area contributed by atoms with E-state index in [9.17, 15) is 4.79 Å². The Labute approximate surface area is 94.2 Å². The van der Waals surface area contributed by atoms with Crippen molar-refractivity contribution in [3.05, 3.63) is 18.1 Å². The molecule has 0 spiro atoms. The number of carbonyl (C=O) groups excluding carboxylic acids is 1. The van der Waals surface area contributed by atoms with Gasteiger partial charge in [0.1, 0.15) is 6.33 Å². The van der Waals surface area contributed by atoms with Gasteiger partial charge in [0.05, 0.1) is 12.1 Å². The van der Waals surface area contributed by atoms with E-state index in [-0.39, 0.29) is 11.8 Å². The molecule has 5 nitrogen and oxygen atoms in total. The van der Waals surface area contributed by atoms with Crippen LogP contribution in [0.3, 0.4) is 0 Å². The fraction of sp³-hybridized carbons (Fsp3) is 0.455. The first kappa shape index (κ1) is 10.7. The van der Waals surface area contributed by atoms with Gasteiger partial charge in [-0.25, -0.2) is 9.97 Å². The summed E-state index contributed by atoms with van der Waals surface area (Å²) in [5.74, 6) is 0.812. The molecular weight excluding hydrogens is 204 g/mol. The van der Waals surface area contributed by atoms with Crippen molar-refractivity contribution >= 4 is 17.4 Å². The van der Waals surface area contributed by atoms with Crippen molar-refractivity contribution < 1.29 is 4.79 Å². The van der Waals surface area contributed by atoms with Crippen LogP contribution in [0, 0.1) is 12.8 Å². The molecule has 0 aliphatic carbocycles. The maximum absolute atomic E-state index is 11.8. The van der Waals surface area contributed by atoms with Crippen LogP contribution in [0.2, 0.25) is 0 Å². The van der Waals surface area contributed by atoms with Crippen molar-refractivity contribution in [3.8, 4) is 0 Å². The summed E-state index contributed by atoms with van der Waals surface area (Å²) in [5.41, 5.74) is 1.73. The highest BCUT2D eigenvalue weighted by atomic mass is 16.2. The highest BCUT2D eigenvalue weighted by molar-refractivity contribution is 6.13. The summed E-state index contributed by atoms with van der Waals surface area (Å²) in [6.07, 6.45) is 1.83. The summed E-state index contributed by atoms with van der Waals surface area (Å²) in [6, 6.07) is 1.75. The van der Waals surface area contributed by atoms with Gasteiger partial charge in [0, 0.05) is 11.8 Å². The molecule has 1 aliphatic rings. The molecule has 84 valence electrons. The number of anilines is 1. The average Bonchev–Trinajstić information content (AvgIpc) is 2.60. The van der Waals surface area contributed by atoms with Crippen LogP contribution in [0.1, 0.15) is 26.0 Å². The summed E-state index contributed by atoms with van der Waals surface area (Å²) >= 11 is 0. The Balaban J connectivity index is 2.31. The molecule has 0 saturated carbocycles. The fourth-order valence-corrected chi connectivity index (χ4v) is 1.50. The van der Waals surface area contributed by atoms with Gasteiger partial charge >= 0.3 is 0 Å². The summed E-state index contributed by atoms with van der Waals surface area (Å²) in [7, 11) is 0. The van der Waals surface area contributed by atoms with Crippen molar-refractivity contribution in [2.24, 2.45) is 11.0 Å². The molecule has 2 rings (SSSR count). The summed E-state index contributed by atoms with van der Waals surface area (Å²) < 4.78 is 0. The number of hydrogen-bond acceptors (Lipinski definition) is 4. The van der Waals surface area contributed by atoms with Crippen molar-refractivity contribution in [1.82, 2.24) is 9.97 Å². The van der Waals surface area contributed by atoms with E-state index in [0.29, 0.717) is 12.2 Å². The van der Waals surface area contributed by atoms with Crippen molar-refractivity contribution in [3.63, 3.8) is 0 Å². The predicted octanol–water partition coefficient (Wildman–Crippen LogP) is 1.53. The Morgan fingerprint density at radius 3 is 2.69 bits per heavy atom. The van der Waals surface area contributed by atoms with Gasteiger partial charge in [-0.1, -0.05) is 13.8 Å². The van der Waals surface area contributed by atoms with Gasteiger partial charge in [0.15, 0.2) is 5.82 Å². The normalized spacial score (nSPS) is 15.9. The zero-order chi connectivity index (χ0) is 11.7. The molecule has 0 saturated heterocycles. The van der Waals surface area contributed by atoms with Crippen LogP contribution in [-0.4, -0.2) is 21.6 Å².